The van der Waals surface area contributed by atoms with Gasteiger partial charge < -0.3 is 0 Å². The fourth-order valence-corrected chi connectivity index (χ4v) is 3.30. The topological polar surface area (TPSA) is 54.5 Å². The van der Waals surface area contributed by atoms with Crippen LogP contribution in [0.2, 0.25) is 0 Å². The minimum Gasteiger partial charge on any atom is -0.273 e. The van der Waals surface area contributed by atoms with E-state index < -0.39 is 0 Å². The van der Waals surface area contributed by atoms with Gasteiger partial charge in [-0.1, -0.05) is 12.1 Å². The first-order chi connectivity index (χ1) is 10.7. The maximum atomic E-state index is 14.0. The molecule has 4 aromatic rings. The van der Waals surface area contributed by atoms with Gasteiger partial charge in [-0.25, -0.2) is 14.4 Å². The molecule has 22 heavy (non-hydrogen) atoms. The summed E-state index contributed by atoms with van der Waals surface area (Å²) >= 11 is 1.61. The van der Waals surface area contributed by atoms with Crippen LogP contribution in [0, 0.1) is 12.7 Å². The molecule has 0 atom stereocenters. The zero-order valence-electron chi connectivity index (χ0n) is 11.7. The Hall–Kier alpha value is -2.60. The van der Waals surface area contributed by atoms with Crippen molar-refractivity contribution in [2.45, 2.75) is 6.92 Å². The molecular weight excluding hydrogens is 299 g/mol. The lowest BCUT2D eigenvalue weighted by atomic mass is 10.1. The monoisotopic (exact) mass is 310 g/mol. The van der Waals surface area contributed by atoms with Crippen LogP contribution >= 0.6 is 11.3 Å². The summed E-state index contributed by atoms with van der Waals surface area (Å²) in [6, 6.07) is 8.59. The molecule has 0 saturated heterocycles. The molecule has 0 fully saturated rings. The molecule has 0 bridgehead atoms. The molecule has 0 amide bonds. The van der Waals surface area contributed by atoms with Gasteiger partial charge in [0.25, 0.3) is 0 Å². The van der Waals surface area contributed by atoms with E-state index in [4.69, 9.17) is 0 Å². The van der Waals surface area contributed by atoms with Crippen LogP contribution in [0.3, 0.4) is 0 Å². The number of aromatic amines is 1. The van der Waals surface area contributed by atoms with Crippen LogP contribution in [0.25, 0.3) is 33.0 Å². The normalized spacial score (nSPS) is 11.2. The summed E-state index contributed by atoms with van der Waals surface area (Å²) in [5.41, 5.74) is 4.10. The molecule has 0 radical (unpaired) electrons. The number of fused-ring (bicyclic) bond motifs is 1. The van der Waals surface area contributed by atoms with Gasteiger partial charge in [-0.15, -0.1) is 11.3 Å². The van der Waals surface area contributed by atoms with E-state index in [1.807, 2.05) is 18.4 Å². The number of benzene rings is 1. The van der Waals surface area contributed by atoms with Gasteiger partial charge >= 0.3 is 0 Å². The third-order valence-electron chi connectivity index (χ3n) is 3.50. The largest absolute Gasteiger partial charge is 0.273 e. The quantitative estimate of drug-likeness (QED) is 0.604. The average molecular weight is 310 g/mol. The summed E-state index contributed by atoms with van der Waals surface area (Å²) in [7, 11) is 0. The highest BCUT2D eigenvalue weighted by molar-refractivity contribution is 7.13. The van der Waals surface area contributed by atoms with Crippen LogP contribution in [0.15, 0.2) is 41.9 Å². The van der Waals surface area contributed by atoms with Gasteiger partial charge in [0.05, 0.1) is 16.8 Å². The molecule has 0 spiro atoms. The van der Waals surface area contributed by atoms with Crippen molar-refractivity contribution in [1.82, 2.24) is 20.2 Å². The van der Waals surface area contributed by atoms with Crippen LogP contribution in [0.4, 0.5) is 4.39 Å². The van der Waals surface area contributed by atoms with Gasteiger partial charge in [0.2, 0.25) is 0 Å². The third kappa shape index (κ3) is 2.00. The van der Waals surface area contributed by atoms with E-state index in [0.717, 1.165) is 16.1 Å². The van der Waals surface area contributed by atoms with E-state index in [1.165, 1.54) is 6.07 Å². The van der Waals surface area contributed by atoms with Gasteiger partial charge in [-0.05, 0) is 36.1 Å². The number of halogens is 1. The molecular formula is C16H11FN4S. The maximum Gasteiger partial charge on any atom is 0.200 e. The lowest BCUT2D eigenvalue weighted by molar-refractivity contribution is 0.630. The van der Waals surface area contributed by atoms with Crippen LogP contribution in [0.1, 0.15) is 5.56 Å². The molecule has 0 saturated carbocycles. The number of rotatable bonds is 2. The van der Waals surface area contributed by atoms with Gasteiger partial charge in [0.1, 0.15) is 17.0 Å². The molecule has 4 nitrogen and oxygen atoms in total. The first-order valence-corrected chi connectivity index (χ1v) is 7.62. The van der Waals surface area contributed by atoms with Crippen molar-refractivity contribution in [2.75, 3.05) is 0 Å². The lowest BCUT2D eigenvalue weighted by Crippen LogP contribution is -1.90. The number of aromatic nitrogens is 4. The molecule has 0 aliphatic rings. The predicted octanol–water partition coefficient (Wildman–Crippen LogP) is 4.20. The summed E-state index contributed by atoms with van der Waals surface area (Å²) in [4.78, 5) is 9.94. The fourth-order valence-electron chi connectivity index (χ4n) is 2.38. The van der Waals surface area contributed by atoms with Crippen molar-refractivity contribution in [2.24, 2.45) is 0 Å². The molecule has 0 aliphatic heterocycles. The van der Waals surface area contributed by atoms with Crippen LogP contribution in [0.5, 0.6) is 0 Å². The molecule has 3 heterocycles. The fraction of sp³-hybridized carbons (Fsp3) is 0.0625. The molecule has 0 aliphatic carbocycles. The first kappa shape index (κ1) is 13.1. The summed E-state index contributed by atoms with van der Waals surface area (Å²) in [6.45, 7) is 2.03. The third-order valence-corrected chi connectivity index (χ3v) is 4.54. The van der Waals surface area contributed by atoms with Crippen molar-refractivity contribution >= 4 is 22.5 Å². The second kappa shape index (κ2) is 4.99. The standard InChI is InChI=1S/C16H11FN4S/c1-9-6-7-22-15(9)13-14-16(21-20-13)18-8-12(19-14)10-4-2-3-5-11(10)17/h2-8H,1H3,(H,18,20,21). The summed E-state index contributed by atoms with van der Waals surface area (Å²) < 4.78 is 14.0. The highest BCUT2D eigenvalue weighted by Gasteiger charge is 2.15. The number of hydrogen-bond donors (Lipinski definition) is 1. The SMILES string of the molecule is Cc1ccsc1-c1[nH]nc2ncc(-c3ccccc3F)nc12. The summed E-state index contributed by atoms with van der Waals surface area (Å²) in [6.07, 6.45) is 1.55. The zero-order chi connectivity index (χ0) is 15.1. The number of thiophene rings is 1. The summed E-state index contributed by atoms with van der Waals surface area (Å²) in [5, 5.41) is 9.20. The Morgan fingerprint density at radius 2 is 2.05 bits per heavy atom. The Labute approximate surface area is 129 Å². The van der Waals surface area contributed by atoms with Crippen molar-refractivity contribution in [1.29, 1.82) is 0 Å². The Morgan fingerprint density at radius 3 is 2.82 bits per heavy atom. The first-order valence-electron chi connectivity index (χ1n) is 6.74. The van der Waals surface area contributed by atoms with E-state index in [0.29, 0.717) is 22.4 Å². The number of aryl methyl sites for hydroxylation is 1. The summed E-state index contributed by atoms with van der Waals surface area (Å²) in [5.74, 6) is -0.312. The van der Waals surface area contributed by atoms with E-state index in [1.54, 1.807) is 35.7 Å². The second-order valence-electron chi connectivity index (χ2n) is 4.94. The maximum absolute atomic E-state index is 14.0. The Kier molecular flexibility index (Phi) is 2.97. The van der Waals surface area contributed by atoms with Crippen LogP contribution < -0.4 is 0 Å². The second-order valence-corrected chi connectivity index (χ2v) is 5.85. The number of nitrogens with zero attached hydrogens (tertiary/aromatic N) is 3. The van der Waals surface area contributed by atoms with Gasteiger partial charge in [-0.3, -0.25) is 5.10 Å². The van der Waals surface area contributed by atoms with Crippen molar-refractivity contribution in [3.05, 3.63) is 53.3 Å². The zero-order valence-corrected chi connectivity index (χ0v) is 12.5. The Balaban J connectivity index is 1.94. The predicted molar refractivity (Wildman–Crippen MR) is 85.1 cm³/mol. The number of H-pyrrole nitrogens is 1. The van der Waals surface area contributed by atoms with E-state index in [-0.39, 0.29) is 5.82 Å². The van der Waals surface area contributed by atoms with Gasteiger partial charge in [-0.2, -0.15) is 5.10 Å². The molecule has 3 aromatic heterocycles. The van der Waals surface area contributed by atoms with Crippen molar-refractivity contribution in [3.8, 4) is 21.8 Å². The number of nitrogens with one attached hydrogen (secondary N) is 1. The molecule has 0 unspecified atom stereocenters. The van der Waals surface area contributed by atoms with E-state index in [9.17, 15) is 4.39 Å². The van der Waals surface area contributed by atoms with Crippen molar-refractivity contribution < 1.29 is 4.39 Å². The van der Waals surface area contributed by atoms with Gasteiger partial charge in [0.15, 0.2) is 5.65 Å². The average Bonchev–Trinajstić information content (AvgIpc) is 3.13. The molecule has 1 N–H and O–H groups in total. The van der Waals surface area contributed by atoms with Crippen LogP contribution in [-0.2, 0) is 0 Å². The van der Waals surface area contributed by atoms with Crippen molar-refractivity contribution in [3.63, 3.8) is 0 Å². The minimum absolute atomic E-state index is 0.312. The molecule has 6 heteroatoms. The van der Waals surface area contributed by atoms with E-state index >= 15 is 0 Å². The molecule has 108 valence electrons. The minimum atomic E-state index is -0.312. The lowest BCUT2D eigenvalue weighted by Gasteiger charge is -2.02. The Morgan fingerprint density at radius 1 is 1.18 bits per heavy atom. The Bertz CT molecular complexity index is 973. The highest BCUT2D eigenvalue weighted by atomic mass is 32.1. The van der Waals surface area contributed by atoms with E-state index in [2.05, 4.69) is 20.2 Å². The smallest absolute Gasteiger partial charge is 0.200 e. The number of hydrogen-bond acceptors (Lipinski definition) is 4. The molecule has 1 aromatic carbocycles. The highest BCUT2D eigenvalue weighted by Crippen LogP contribution is 2.32. The van der Waals surface area contributed by atoms with Crippen LogP contribution in [-0.4, -0.2) is 20.2 Å². The molecule has 4 rings (SSSR count). The van der Waals surface area contributed by atoms with Gasteiger partial charge in [0, 0.05) is 5.56 Å².